The van der Waals surface area contributed by atoms with Gasteiger partial charge in [-0.1, -0.05) is 36.4 Å². The zero-order chi connectivity index (χ0) is 14.5. The van der Waals surface area contributed by atoms with Crippen LogP contribution in [0.15, 0.2) is 65.6 Å². The maximum atomic E-state index is 12.2. The first-order chi connectivity index (χ1) is 10.3. The van der Waals surface area contributed by atoms with E-state index in [1.54, 1.807) is 12.1 Å². The number of benzene rings is 2. The lowest BCUT2D eigenvalue weighted by molar-refractivity contribution is 0.0328. The molecule has 0 bridgehead atoms. The van der Waals surface area contributed by atoms with E-state index in [0.717, 1.165) is 19.3 Å². The van der Waals surface area contributed by atoms with Crippen LogP contribution in [0.1, 0.15) is 29.6 Å². The average Bonchev–Trinajstić information content (AvgIpc) is 2.96. The van der Waals surface area contributed by atoms with Gasteiger partial charge in [0.1, 0.15) is 6.10 Å². The highest BCUT2D eigenvalue weighted by Gasteiger charge is 2.31. The van der Waals surface area contributed by atoms with Crippen LogP contribution in [0.4, 0.5) is 0 Å². The minimum absolute atomic E-state index is 0.0166. The number of carbonyl (C=O) groups is 1. The summed E-state index contributed by atoms with van der Waals surface area (Å²) in [6, 6.07) is 19.6. The van der Waals surface area contributed by atoms with Crippen molar-refractivity contribution in [2.75, 3.05) is 0 Å². The molecule has 0 aromatic heterocycles. The maximum absolute atomic E-state index is 12.2. The zero-order valence-corrected chi connectivity index (χ0v) is 12.6. The Hall–Kier alpha value is -1.74. The van der Waals surface area contributed by atoms with Crippen molar-refractivity contribution in [3.8, 4) is 0 Å². The third kappa shape index (κ3) is 3.67. The summed E-state index contributed by atoms with van der Waals surface area (Å²) >= 11 is 1.82. The second kappa shape index (κ2) is 6.81. The van der Waals surface area contributed by atoms with Gasteiger partial charge in [-0.2, -0.15) is 0 Å². The molecule has 1 aliphatic rings. The quantitative estimate of drug-likeness (QED) is 0.774. The molecule has 1 fully saturated rings. The standard InChI is InChI=1S/C18H18O2S/c19-18(14-8-3-1-4-9-14)20-16-12-7-13-17(16)21-15-10-5-2-6-11-15/h1-6,8-11,16-17H,7,12-13H2/t16-,17-/m0/s1. The minimum Gasteiger partial charge on any atom is -0.458 e. The lowest BCUT2D eigenvalue weighted by Crippen LogP contribution is -2.24. The van der Waals surface area contributed by atoms with Crippen LogP contribution in [0.2, 0.25) is 0 Å². The highest BCUT2D eigenvalue weighted by molar-refractivity contribution is 8.00. The Labute approximate surface area is 129 Å². The SMILES string of the molecule is O=C(O[C@H]1CCC[C@@H]1Sc1ccccc1)c1ccccc1. The van der Waals surface area contributed by atoms with Crippen LogP contribution in [0.25, 0.3) is 0 Å². The van der Waals surface area contributed by atoms with E-state index >= 15 is 0 Å². The molecule has 1 saturated carbocycles. The highest BCUT2D eigenvalue weighted by Crippen LogP contribution is 2.36. The Morgan fingerprint density at radius 1 is 0.952 bits per heavy atom. The smallest absolute Gasteiger partial charge is 0.338 e. The van der Waals surface area contributed by atoms with Gasteiger partial charge in [-0.05, 0) is 43.5 Å². The van der Waals surface area contributed by atoms with E-state index in [4.69, 9.17) is 4.74 Å². The second-order valence-electron chi connectivity index (χ2n) is 5.21. The van der Waals surface area contributed by atoms with Crippen molar-refractivity contribution in [3.63, 3.8) is 0 Å². The van der Waals surface area contributed by atoms with E-state index in [1.807, 2.05) is 48.2 Å². The van der Waals surface area contributed by atoms with E-state index in [2.05, 4.69) is 12.1 Å². The van der Waals surface area contributed by atoms with Crippen LogP contribution in [-0.4, -0.2) is 17.3 Å². The van der Waals surface area contributed by atoms with E-state index in [0.29, 0.717) is 10.8 Å². The molecular formula is C18H18O2S. The molecule has 0 radical (unpaired) electrons. The third-order valence-corrected chi connectivity index (χ3v) is 5.08. The van der Waals surface area contributed by atoms with Crippen LogP contribution in [0.3, 0.4) is 0 Å². The molecule has 0 heterocycles. The van der Waals surface area contributed by atoms with Gasteiger partial charge in [0.15, 0.2) is 0 Å². The van der Waals surface area contributed by atoms with Crippen molar-refractivity contribution in [2.24, 2.45) is 0 Å². The van der Waals surface area contributed by atoms with Gasteiger partial charge in [-0.15, -0.1) is 11.8 Å². The van der Waals surface area contributed by atoms with E-state index in [-0.39, 0.29) is 12.1 Å². The molecule has 3 heteroatoms. The Morgan fingerprint density at radius 2 is 1.62 bits per heavy atom. The van der Waals surface area contributed by atoms with Gasteiger partial charge in [-0.25, -0.2) is 4.79 Å². The van der Waals surface area contributed by atoms with Crippen LogP contribution in [-0.2, 0) is 4.74 Å². The Bertz CT molecular complexity index is 583. The lowest BCUT2D eigenvalue weighted by Gasteiger charge is -2.19. The van der Waals surface area contributed by atoms with Crippen LogP contribution < -0.4 is 0 Å². The maximum Gasteiger partial charge on any atom is 0.338 e. The van der Waals surface area contributed by atoms with E-state index < -0.39 is 0 Å². The lowest BCUT2D eigenvalue weighted by atomic mass is 10.2. The molecular weight excluding hydrogens is 280 g/mol. The molecule has 0 amide bonds. The Morgan fingerprint density at radius 3 is 2.33 bits per heavy atom. The number of hydrogen-bond donors (Lipinski definition) is 0. The second-order valence-corrected chi connectivity index (χ2v) is 6.52. The normalized spacial score (nSPS) is 21.1. The van der Waals surface area contributed by atoms with E-state index in [9.17, 15) is 4.79 Å². The number of carbonyl (C=O) groups excluding carboxylic acids is 1. The highest BCUT2D eigenvalue weighted by atomic mass is 32.2. The largest absolute Gasteiger partial charge is 0.458 e. The van der Waals surface area contributed by atoms with E-state index in [1.165, 1.54) is 4.90 Å². The molecule has 2 aromatic rings. The summed E-state index contributed by atoms with van der Waals surface area (Å²) in [5.41, 5.74) is 0.632. The summed E-state index contributed by atoms with van der Waals surface area (Å²) < 4.78 is 5.72. The van der Waals surface area contributed by atoms with Crippen LogP contribution in [0.5, 0.6) is 0 Å². The fourth-order valence-electron chi connectivity index (χ4n) is 2.62. The van der Waals surface area contributed by atoms with Crippen molar-refractivity contribution in [2.45, 2.75) is 35.5 Å². The molecule has 0 saturated heterocycles. The third-order valence-electron chi connectivity index (χ3n) is 3.69. The first-order valence-electron chi connectivity index (χ1n) is 7.30. The topological polar surface area (TPSA) is 26.3 Å². The first kappa shape index (κ1) is 14.2. The van der Waals surface area contributed by atoms with Crippen LogP contribution in [0, 0.1) is 0 Å². The van der Waals surface area contributed by atoms with Crippen molar-refractivity contribution < 1.29 is 9.53 Å². The van der Waals surface area contributed by atoms with Gasteiger partial charge in [0, 0.05) is 10.1 Å². The van der Waals surface area contributed by atoms with Crippen LogP contribution >= 0.6 is 11.8 Å². The number of esters is 1. The van der Waals surface area contributed by atoms with Gasteiger partial charge in [0.25, 0.3) is 0 Å². The fourth-order valence-corrected chi connectivity index (χ4v) is 3.91. The number of thioether (sulfide) groups is 1. The summed E-state index contributed by atoms with van der Waals surface area (Å²) in [6.07, 6.45) is 3.20. The monoisotopic (exact) mass is 298 g/mol. The minimum atomic E-state index is -0.207. The number of rotatable bonds is 4. The van der Waals surface area contributed by atoms with Crippen molar-refractivity contribution in [1.82, 2.24) is 0 Å². The van der Waals surface area contributed by atoms with Gasteiger partial charge in [0.05, 0.1) is 5.56 Å². The predicted molar refractivity (Wildman–Crippen MR) is 85.6 cm³/mol. The van der Waals surface area contributed by atoms with Gasteiger partial charge in [-0.3, -0.25) is 0 Å². The molecule has 2 atom stereocenters. The molecule has 3 rings (SSSR count). The van der Waals surface area contributed by atoms with Gasteiger partial charge < -0.3 is 4.74 Å². The summed E-state index contributed by atoms with van der Waals surface area (Å²) in [5, 5.41) is 0.361. The summed E-state index contributed by atoms with van der Waals surface area (Å²) in [4.78, 5) is 13.4. The average molecular weight is 298 g/mol. The number of hydrogen-bond acceptors (Lipinski definition) is 3. The molecule has 108 valence electrons. The molecule has 21 heavy (non-hydrogen) atoms. The first-order valence-corrected chi connectivity index (χ1v) is 8.18. The van der Waals surface area contributed by atoms with Crippen molar-refractivity contribution in [3.05, 3.63) is 66.2 Å². The van der Waals surface area contributed by atoms with Crippen molar-refractivity contribution >= 4 is 17.7 Å². The van der Waals surface area contributed by atoms with Crippen molar-refractivity contribution in [1.29, 1.82) is 0 Å². The molecule has 1 aliphatic carbocycles. The Kier molecular flexibility index (Phi) is 4.61. The predicted octanol–water partition coefficient (Wildman–Crippen LogP) is 4.56. The zero-order valence-electron chi connectivity index (χ0n) is 11.8. The van der Waals surface area contributed by atoms with Gasteiger partial charge in [0.2, 0.25) is 0 Å². The summed E-state index contributed by atoms with van der Waals surface area (Å²) in [6.45, 7) is 0. The molecule has 0 aliphatic heterocycles. The molecule has 2 aromatic carbocycles. The molecule has 0 unspecified atom stereocenters. The number of ether oxygens (including phenoxy) is 1. The fraction of sp³-hybridized carbons (Fsp3) is 0.278. The molecule has 0 N–H and O–H groups in total. The summed E-state index contributed by atoms with van der Waals surface area (Å²) in [7, 11) is 0. The van der Waals surface area contributed by atoms with Gasteiger partial charge >= 0.3 is 5.97 Å². The summed E-state index contributed by atoms with van der Waals surface area (Å²) in [5.74, 6) is -0.207. The Balaban J connectivity index is 1.63. The molecule has 2 nitrogen and oxygen atoms in total. The molecule has 0 spiro atoms.